The number of hydrogen-bond donors (Lipinski definition) is 1. The van der Waals surface area contributed by atoms with Crippen molar-refractivity contribution >= 4 is 11.6 Å². The predicted molar refractivity (Wildman–Crippen MR) is 86.0 cm³/mol. The van der Waals surface area contributed by atoms with Crippen molar-refractivity contribution in [1.82, 2.24) is 5.32 Å². The van der Waals surface area contributed by atoms with Gasteiger partial charge in [0, 0.05) is 17.1 Å². The van der Waals surface area contributed by atoms with Crippen LogP contribution in [0, 0.1) is 22.6 Å². The fraction of sp³-hybridized carbons (Fsp3) is 0.667. The number of fused-ring (bicyclic) bond motifs is 2. The summed E-state index contributed by atoms with van der Waals surface area (Å²) in [6, 6.07) is 5.36. The fourth-order valence-corrected chi connectivity index (χ4v) is 5.03. The molecular formula is C18H25ClFN. The van der Waals surface area contributed by atoms with Crippen molar-refractivity contribution in [2.75, 3.05) is 0 Å². The van der Waals surface area contributed by atoms with Crippen LogP contribution in [0.5, 0.6) is 0 Å². The number of halogens is 2. The molecule has 116 valence electrons. The molecule has 1 aromatic carbocycles. The van der Waals surface area contributed by atoms with Gasteiger partial charge >= 0.3 is 0 Å². The first-order valence-corrected chi connectivity index (χ1v) is 8.34. The molecule has 2 aliphatic rings. The highest BCUT2D eigenvalue weighted by Gasteiger charge is 2.61. The lowest BCUT2D eigenvalue weighted by atomic mass is 9.69. The molecule has 1 N–H and O–H groups in total. The largest absolute Gasteiger partial charge is 0.307 e. The van der Waals surface area contributed by atoms with E-state index in [2.05, 4.69) is 33.0 Å². The maximum Gasteiger partial charge on any atom is 0.124 e. The fourth-order valence-electron chi connectivity index (χ4n) is 4.70. The third-order valence-corrected chi connectivity index (χ3v) is 7.00. The van der Waals surface area contributed by atoms with Crippen molar-refractivity contribution in [1.29, 1.82) is 0 Å². The first-order valence-electron chi connectivity index (χ1n) is 7.97. The Bertz CT molecular complexity index is 556. The third kappa shape index (κ3) is 2.22. The van der Waals surface area contributed by atoms with Gasteiger partial charge in [0.15, 0.2) is 0 Å². The van der Waals surface area contributed by atoms with Crippen LogP contribution in [0.15, 0.2) is 18.2 Å². The van der Waals surface area contributed by atoms with E-state index in [-0.39, 0.29) is 11.9 Å². The van der Waals surface area contributed by atoms with E-state index in [1.54, 1.807) is 6.07 Å². The summed E-state index contributed by atoms with van der Waals surface area (Å²) >= 11 is 6.20. The summed E-state index contributed by atoms with van der Waals surface area (Å²) in [7, 11) is 0. The Morgan fingerprint density at radius 2 is 2.05 bits per heavy atom. The molecule has 2 fully saturated rings. The quantitative estimate of drug-likeness (QED) is 0.794. The van der Waals surface area contributed by atoms with Crippen LogP contribution in [0.4, 0.5) is 4.39 Å². The highest BCUT2D eigenvalue weighted by molar-refractivity contribution is 6.31. The highest BCUT2D eigenvalue weighted by atomic mass is 35.5. The van der Waals surface area contributed by atoms with E-state index >= 15 is 0 Å². The van der Waals surface area contributed by atoms with Crippen molar-refractivity contribution in [3.63, 3.8) is 0 Å². The van der Waals surface area contributed by atoms with Gasteiger partial charge in [-0.2, -0.15) is 0 Å². The molecular weight excluding hydrogens is 285 g/mol. The molecule has 0 aromatic heterocycles. The molecule has 2 saturated carbocycles. The van der Waals surface area contributed by atoms with Gasteiger partial charge in [0.05, 0.1) is 0 Å². The van der Waals surface area contributed by atoms with Crippen LogP contribution in [0.3, 0.4) is 0 Å². The molecule has 4 unspecified atom stereocenters. The summed E-state index contributed by atoms with van der Waals surface area (Å²) in [4.78, 5) is 0. The minimum absolute atomic E-state index is 0.148. The topological polar surface area (TPSA) is 12.0 Å². The Hall–Kier alpha value is -0.600. The first-order chi connectivity index (χ1) is 9.75. The highest BCUT2D eigenvalue weighted by Crippen LogP contribution is 2.65. The standard InChI is InChI=1S/C18H25ClFN/c1-11(14-6-5-13(20)10-15(14)19)21-16-9-12-7-8-18(16,4)17(12,2)3/h5-6,10-12,16,21H,7-9H2,1-4H3. The summed E-state index contributed by atoms with van der Waals surface area (Å²) < 4.78 is 13.2. The summed E-state index contributed by atoms with van der Waals surface area (Å²) in [5.74, 6) is 0.542. The van der Waals surface area contributed by atoms with Gasteiger partial charge in [-0.15, -0.1) is 0 Å². The van der Waals surface area contributed by atoms with Crippen molar-refractivity contribution in [3.8, 4) is 0 Å². The van der Waals surface area contributed by atoms with Gasteiger partial charge in [-0.25, -0.2) is 4.39 Å². The molecule has 3 rings (SSSR count). The summed E-state index contributed by atoms with van der Waals surface area (Å²) in [6.45, 7) is 9.39. The Labute approximate surface area is 132 Å². The second-order valence-electron chi connectivity index (χ2n) is 7.72. The number of rotatable bonds is 3. The van der Waals surface area contributed by atoms with Crippen LogP contribution in [0.25, 0.3) is 0 Å². The Kier molecular flexibility index (Phi) is 3.61. The monoisotopic (exact) mass is 309 g/mol. The van der Waals surface area contributed by atoms with Crippen LogP contribution in [-0.4, -0.2) is 6.04 Å². The molecule has 0 heterocycles. The van der Waals surface area contributed by atoms with Crippen molar-refractivity contribution < 1.29 is 4.39 Å². The molecule has 2 aliphatic carbocycles. The Balaban J connectivity index is 1.79. The number of nitrogens with one attached hydrogen (secondary N) is 1. The third-order valence-electron chi connectivity index (χ3n) is 6.67. The maximum absolute atomic E-state index is 13.2. The maximum atomic E-state index is 13.2. The zero-order valence-electron chi connectivity index (χ0n) is 13.3. The van der Waals surface area contributed by atoms with Gasteiger partial charge in [-0.1, -0.05) is 38.4 Å². The van der Waals surface area contributed by atoms with Gasteiger partial charge in [0.1, 0.15) is 5.82 Å². The smallest absolute Gasteiger partial charge is 0.124 e. The lowest BCUT2D eigenvalue weighted by Crippen LogP contribution is -2.45. The molecule has 0 aliphatic heterocycles. The van der Waals surface area contributed by atoms with E-state index in [4.69, 9.17) is 11.6 Å². The first kappa shape index (κ1) is 15.3. The van der Waals surface area contributed by atoms with Gasteiger partial charge in [0.2, 0.25) is 0 Å². The molecule has 0 saturated heterocycles. The average molecular weight is 310 g/mol. The van der Waals surface area contributed by atoms with E-state index in [1.807, 2.05) is 0 Å². The summed E-state index contributed by atoms with van der Waals surface area (Å²) in [6.07, 6.45) is 3.90. The van der Waals surface area contributed by atoms with E-state index in [0.717, 1.165) is 11.5 Å². The minimum atomic E-state index is -0.274. The molecule has 0 spiro atoms. The molecule has 4 atom stereocenters. The normalized spacial score (nSPS) is 35.1. The second-order valence-corrected chi connectivity index (χ2v) is 8.12. The van der Waals surface area contributed by atoms with Crippen molar-refractivity contribution in [2.24, 2.45) is 16.7 Å². The van der Waals surface area contributed by atoms with Gasteiger partial charge in [-0.3, -0.25) is 0 Å². The van der Waals surface area contributed by atoms with Crippen LogP contribution in [0.2, 0.25) is 5.02 Å². The zero-order valence-corrected chi connectivity index (χ0v) is 14.1. The molecule has 1 aromatic rings. The van der Waals surface area contributed by atoms with E-state index in [1.165, 1.54) is 31.4 Å². The van der Waals surface area contributed by atoms with Gasteiger partial charge < -0.3 is 5.32 Å². The van der Waals surface area contributed by atoms with Crippen LogP contribution >= 0.6 is 11.6 Å². The van der Waals surface area contributed by atoms with E-state index in [9.17, 15) is 4.39 Å². The number of benzene rings is 1. The molecule has 0 radical (unpaired) electrons. The molecule has 2 bridgehead atoms. The average Bonchev–Trinajstić information content (AvgIpc) is 2.71. The molecule has 1 nitrogen and oxygen atoms in total. The van der Waals surface area contributed by atoms with Crippen LogP contribution < -0.4 is 5.32 Å². The molecule has 0 amide bonds. The number of hydrogen-bond acceptors (Lipinski definition) is 1. The zero-order chi connectivity index (χ0) is 15.4. The predicted octanol–water partition coefficient (Wildman–Crippen LogP) is 5.34. The van der Waals surface area contributed by atoms with Crippen molar-refractivity contribution in [3.05, 3.63) is 34.6 Å². The molecule has 21 heavy (non-hydrogen) atoms. The van der Waals surface area contributed by atoms with Crippen molar-refractivity contribution in [2.45, 2.75) is 59.0 Å². The second kappa shape index (κ2) is 4.96. The summed E-state index contributed by atoms with van der Waals surface area (Å²) in [5, 5.41) is 4.29. The van der Waals surface area contributed by atoms with Gasteiger partial charge in [0.25, 0.3) is 0 Å². The SMILES string of the molecule is CC(NC1CC2CCC1(C)C2(C)C)c1ccc(F)cc1Cl. The van der Waals surface area contributed by atoms with E-state index in [0.29, 0.717) is 21.9 Å². The Morgan fingerprint density at radius 3 is 2.57 bits per heavy atom. The van der Waals surface area contributed by atoms with Crippen LogP contribution in [-0.2, 0) is 0 Å². The Morgan fingerprint density at radius 1 is 1.33 bits per heavy atom. The lowest BCUT2D eigenvalue weighted by molar-refractivity contribution is 0.116. The minimum Gasteiger partial charge on any atom is -0.307 e. The molecule has 3 heteroatoms. The lowest BCUT2D eigenvalue weighted by Gasteiger charge is -2.41. The van der Waals surface area contributed by atoms with Gasteiger partial charge in [-0.05, 0) is 60.6 Å². The van der Waals surface area contributed by atoms with Crippen LogP contribution in [0.1, 0.15) is 58.6 Å². The van der Waals surface area contributed by atoms with E-state index < -0.39 is 0 Å². The summed E-state index contributed by atoms with van der Waals surface area (Å²) in [5.41, 5.74) is 1.73.